The summed E-state index contributed by atoms with van der Waals surface area (Å²) in [6.07, 6.45) is 1.74. The van der Waals surface area contributed by atoms with E-state index in [1.165, 1.54) is 11.1 Å². The second kappa shape index (κ2) is 4.13. The summed E-state index contributed by atoms with van der Waals surface area (Å²) in [6.45, 7) is 2.08. The van der Waals surface area contributed by atoms with E-state index >= 15 is 0 Å². The van der Waals surface area contributed by atoms with Crippen LogP contribution in [0.3, 0.4) is 0 Å². The molecule has 76 valence electrons. The molecular weight excluding hydrogens is 186 g/mol. The van der Waals surface area contributed by atoms with E-state index in [0.29, 0.717) is 0 Å². The molecule has 0 aliphatic carbocycles. The van der Waals surface area contributed by atoms with Crippen LogP contribution < -0.4 is 4.74 Å². The Hall–Kier alpha value is -1.83. The molecule has 1 aromatic carbocycles. The lowest BCUT2D eigenvalue weighted by Gasteiger charge is -2.05. The van der Waals surface area contributed by atoms with Gasteiger partial charge in [-0.15, -0.1) is 0 Å². The Labute approximate surface area is 89.6 Å². The quantitative estimate of drug-likeness (QED) is 0.741. The molecule has 0 saturated carbocycles. The fourth-order valence-corrected chi connectivity index (χ4v) is 1.52. The minimum atomic E-state index is 0.785. The molecule has 0 N–H and O–H groups in total. The van der Waals surface area contributed by atoms with Crippen molar-refractivity contribution in [3.8, 4) is 17.0 Å². The van der Waals surface area contributed by atoms with Gasteiger partial charge in [0.1, 0.15) is 5.75 Å². The smallest absolute Gasteiger partial charge is 0.137 e. The van der Waals surface area contributed by atoms with E-state index < -0.39 is 0 Å². The predicted molar refractivity (Wildman–Crippen MR) is 61.0 cm³/mol. The summed E-state index contributed by atoms with van der Waals surface area (Å²) in [4.78, 5) is 4.36. The van der Waals surface area contributed by atoms with Crippen molar-refractivity contribution in [1.82, 2.24) is 4.98 Å². The van der Waals surface area contributed by atoms with Gasteiger partial charge < -0.3 is 4.74 Å². The Bertz CT molecular complexity index is 448. The van der Waals surface area contributed by atoms with Gasteiger partial charge in [0, 0.05) is 5.56 Å². The summed E-state index contributed by atoms with van der Waals surface area (Å²) >= 11 is 0. The molecule has 0 unspecified atom stereocenters. The van der Waals surface area contributed by atoms with E-state index in [1.54, 1.807) is 13.3 Å². The van der Waals surface area contributed by atoms with Crippen LogP contribution >= 0.6 is 0 Å². The van der Waals surface area contributed by atoms with Gasteiger partial charge >= 0.3 is 0 Å². The van der Waals surface area contributed by atoms with Crippen molar-refractivity contribution >= 4 is 0 Å². The first kappa shape index (κ1) is 9.71. The summed E-state index contributed by atoms with van der Waals surface area (Å²) in [5, 5.41) is 0. The van der Waals surface area contributed by atoms with E-state index in [4.69, 9.17) is 4.74 Å². The average Bonchev–Trinajstić information content (AvgIpc) is 2.30. The highest BCUT2D eigenvalue weighted by Gasteiger charge is 2.01. The fraction of sp³-hybridized carbons (Fsp3) is 0.154. The van der Waals surface area contributed by atoms with Crippen molar-refractivity contribution in [2.75, 3.05) is 7.11 Å². The minimum absolute atomic E-state index is 0.785. The van der Waals surface area contributed by atoms with Gasteiger partial charge in [0.15, 0.2) is 0 Å². The average molecular weight is 199 g/mol. The van der Waals surface area contributed by atoms with Crippen molar-refractivity contribution in [2.45, 2.75) is 6.92 Å². The highest BCUT2D eigenvalue weighted by Crippen LogP contribution is 2.22. The summed E-state index contributed by atoms with van der Waals surface area (Å²) in [6, 6.07) is 12.1. The van der Waals surface area contributed by atoms with E-state index in [9.17, 15) is 0 Å². The number of hydrogen-bond donors (Lipinski definition) is 0. The van der Waals surface area contributed by atoms with Gasteiger partial charge in [-0.2, -0.15) is 0 Å². The van der Waals surface area contributed by atoms with Crippen LogP contribution in [0.15, 0.2) is 42.6 Å². The van der Waals surface area contributed by atoms with Gasteiger partial charge in [-0.25, -0.2) is 0 Å². The summed E-state index contributed by atoms with van der Waals surface area (Å²) in [5.74, 6) is 0.785. The molecule has 2 rings (SSSR count). The van der Waals surface area contributed by atoms with Gasteiger partial charge in [-0.05, 0) is 24.6 Å². The number of benzene rings is 1. The lowest BCUT2D eigenvalue weighted by atomic mass is 10.1. The normalized spacial score (nSPS) is 10.0. The monoisotopic (exact) mass is 199 g/mol. The number of methoxy groups -OCH3 is 1. The summed E-state index contributed by atoms with van der Waals surface area (Å²) in [7, 11) is 1.64. The van der Waals surface area contributed by atoms with Crippen molar-refractivity contribution in [2.24, 2.45) is 0 Å². The van der Waals surface area contributed by atoms with Crippen molar-refractivity contribution in [3.63, 3.8) is 0 Å². The number of ether oxygens (including phenoxy) is 1. The highest BCUT2D eigenvalue weighted by atomic mass is 16.5. The summed E-state index contributed by atoms with van der Waals surface area (Å²) in [5.41, 5.74) is 3.38. The lowest BCUT2D eigenvalue weighted by Crippen LogP contribution is -1.88. The Kier molecular flexibility index (Phi) is 2.68. The third-order valence-electron chi connectivity index (χ3n) is 2.39. The molecule has 0 saturated heterocycles. The third kappa shape index (κ3) is 1.99. The Balaban J connectivity index is 2.42. The van der Waals surface area contributed by atoms with E-state index in [1.807, 2.05) is 24.3 Å². The largest absolute Gasteiger partial charge is 0.495 e. The van der Waals surface area contributed by atoms with Crippen LogP contribution in [0.1, 0.15) is 5.56 Å². The standard InChI is InChI=1S/C13H13NO/c1-10-5-3-4-6-12(10)13-8-7-11(15-2)9-14-13/h3-9H,1-2H3. The van der Waals surface area contributed by atoms with Crippen LogP contribution in [0, 0.1) is 6.92 Å². The molecule has 0 atom stereocenters. The Morgan fingerprint density at radius 2 is 1.87 bits per heavy atom. The van der Waals surface area contributed by atoms with Gasteiger partial charge in [0.05, 0.1) is 19.0 Å². The fourth-order valence-electron chi connectivity index (χ4n) is 1.52. The van der Waals surface area contributed by atoms with Gasteiger partial charge in [0.25, 0.3) is 0 Å². The maximum absolute atomic E-state index is 5.07. The number of rotatable bonds is 2. The number of hydrogen-bond acceptors (Lipinski definition) is 2. The van der Waals surface area contributed by atoms with E-state index in [2.05, 4.69) is 24.0 Å². The number of aryl methyl sites for hydroxylation is 1. The predicted octanol–water partition coefficient (Wildman–Crippen LogP) is 3.07. The molecule has 1 heterocycles. The van der Waals surface area contributed by atoms with Crippen molar-refractivity contribution in [3.05, 3.63) is 48.2 Å². The molecule has 2 heteroatoms. The zero-order valence-corrected chi connectivity index (χ0v) is 8.90. The SMILES string of the molecule is COc1ccc(-c2ccccc2C)nc1. The third-order valence-corrected chi connectivity index (χ3v) is 2.39. The first-order valence-corrected chi connectivity index (χ1v) is 4.87. The second-order valence-electron chi connectivity index (χ2n) is 3.40. The molecule has 15 heavy (non-hydrogen) atoms. The molecular formula is C13H13NO. The number of nitrogens with zero attached hydrogens (tertiary/aromatic N) is 1. The van der Waals surface area contributed by atoms with Gasteiger partial charge in [-0.1, -0.05) is 24.3 Å². The van der Waals surface area contributed by atoms with Crippen molar-refractivity contribution in [1.29, 1.82) is 0 Å². The van der Waals surface area contributed by atoms with Gasteiger partial charge in [-0.3, -0.25) is 4.98 Å². The molecule has 2 aromatic rings. The van der Waals surface area contributed by atoms with Crippen LogP contribution in [0.25, 0.3) is 11.3 Å². The maximum atomic E-state index is 5.07. The molecule has 0 aliphatic rings. The zero-order chi connectivity index (χ0) is 10.7. The van der Waals surface area contributed by atoms with Crippen molar-refractivity contribution < 1.29 is 4.74 Å². The summed E-state index contributed by atoms with van der Waals surface area (Å²) < 4.78 is 5.07. The zero-order valence-electron chi connectivity index (χ0n) is 8.90. The first-order chi connectivity index (χ1) is 7.31. The first-order valence-electron chi connectivity index (χ1n) is 4.87. The highest BCUT2D eigenvalue weighted by molar-refractivity contribution is 5.63. The molecule has 0 fully saturated rings. The lowest BCUT2D eigenvalue weighted by molar-refractivity contribution is 0.413. The van der Waals surface area contributed by atoms with Crippen LogP contribution in [-0.4, -0.2) is 12.1 Å². The Morgan fingerprint density at radius 3 is 2.47 bits per heavy atom. The number of aromatic nitrogens is 1. The van der Waals surface area contributed by atoms with Crippen LogP contribution in [-0.2, 0) is 0 Å². The topological polar surface area (TPSA) is 22.1 Å². The minimum Gasteiger partial charge on any atom is -0.495 e. The number of pyridine rings is 1. The second-order valence-corrected chi connectivity index (χ2v) is 3.40. The molecule has 0 bridgehead atoms. The van der Waals surface area contributed by atoms with Crippen LogP contribution in [0.4, 0.5) is 0 Å². The van der Waals surface area contributed by atoms with Crippen LogP contribution in [0.5, 0.6) is 5.75 Å². The molecule has 0 radical (unpaired) electrons. The van der Waals surface area contributed by atoms with E-state index in [0.717, 1.165) is 11.4 Å². The molecule has 0 aliphatic heterocycles. The molecule has 1 aromatic heterocycles. The molecule has 0 amide bonds. The molecule has 2 nitrogen and oxygen atoms in total. The van der Waals surface area contributed by atoms with Crippen LogP contribution in [0.2, 0.25) is 0 Å². The Morgan fingerprint density at radius 1 is 1.07 bits per heavy atom. The molecule has 0 spiro atoms. The maximum Gasteiger partial charge on any atom is 0.137 e. The van der Waals surface area contributed by atoms with E-state index in [-0.39, 0.29) is 0 Å². The van der Waals surface area contributed by atoms with Gasteiger partial charge in [0.2, 0.25) is 0 Å².